The number of anilines is 2. The largest absolute Gasteiger partial charge is 0.449 e. The van der Waals surface area contributed by atoms with E-state index in [1.165, 1.54) is 6.07 Å². The van der Waals surface area contributed by atoms with Crippen molar-refractivity contribution in [2.45, 2.75) is 38.6 Å². The molecule has 0 spiro atoms. The molecule has 150 valence electrons. The number of carbonyl (C=O) groups excluding carboxylic acids is 1. The zero-order chi connectivity index (χ0) is 19.2. The molecule has 2 aliphatic rings. The molecule has 2 heterocycles. The third-order valence-corrected chi connectivity index (χ3v) is 5.59. The molecule has 0 atom stereocenters. The van der Waals surface area contributed by atoms with E-state index in [2.05, 4.69) is 16.7 Å². The summed E-state index contributed by atoms with van der Waals surface area (Å²) in [6.45, 7) is 7.47. The lowest BCUT2D eigenvalue weighted by Crippen LogP contribution is -2.54. The Balaban J connectivity index is 1.44. The first-order valence-corrected chi connectivity index (χ1v) is 10.0. The topological polar surface area (TPSA) is 62.0 Å². The lowest BCUT2D eigenvalue weighted by atomic mass is 10.0. The van der Waals surface area contributed by atoms with E-state index in [-0.39, 0.29) is 11.9 Å². The molecule has 2 saturated heterocycles. The molecule has 0 unspecified atom stereocenters. The van der Waals surface area contributed by atoms with Crippen LogP contribution in [0.4, 0.5) is 20.6 Å². The predicted molar refractivity (Wildman–Crippen MR) is 105 cm³/mol. The van der Waals surface area contributed by atoms with Gasteiger partial charge in [-0.2, -0.15) is 0 Å². The third-order valence-electron chi connectivity index (χ3n) is 5.59. The van der Waals surface area contributed by atoms with E-state index in [0.717, 1.165) is 65.0 Å². The molecule has 3 rings (SSSR count). The molecule has 27 heavy (non-hydrogen) atoms. The Bertz CT molecular complexity index is 626. The van der Waals surface area contributed by atoms with Gasteiger partial charge in [0.05, 0.1) is 12.3 Å². The van der Waals surface area contributed by atoms with Gasteiger partial charge in [-0.15, -0.1) is 0 Å². The van der Waals surface area contributed by atoms with Crippen molar-refractivity contribution in [2.24, 2.45) is 0 Å². The molecule has 2 N–H and O–H groups in total. The number of nitrogens with zero attached hydrogens (tertiary/aromatic N) is 3. The zero-order valence-electron chi connectivity index (χ0n) is 16.2. The second-order valence-electron chi connectivity index (χ2n) is 7.42. The fourth-order valence-electron chi connectivity index (χ4n) is 3.92. The Morgan fingerprint density at radius 1 is 1.19 bits per heavy atom. The Morgan fingerprint density at radius 2 is 1.89 bits per heavy atom. The third kappa shape index (κ3) is 5.03. The monoisotopic (exact) mass is 378 g/mol. The van der Waals surface area contributed by atoms with Crippen molar-refractivity contribution in [3.8, 4) is 0 Å². The summed E-state index contributed by atoms with van der Waals surface area (Å²) in [4.78, 5) is 18.4. The highest BCUT2D eigenvalue weighted by atomic mass is 19.1. The number of halogens is 1. The summed E-state index contributed by atoms with van der Waals surface area (Å²) in [7, 11) is 0. The van der Waals surface area contributed by atoms with Gasteiger partial charge in [-0.05, 0) is 37.5 Å². The average molecular weight is 378 g/mol. The van der Waals surface area contributed by atoms with Crippen LogP contribution in [0.15, 0.2) is 18.2 Å². The first kappa shape index (κ1) is 19.7. The molecule has 0 saturated carbocycles. The van der Waals surface area contributed by atoms with Crippen LogP contribution in [0.2, 0.25) is 0 Å². The van der Waals surface area contributed by atoms with Crippen LogP contribution in [0.1, 0.15) is 32.6 Å². The summed E-state index contributed by atoms with van der Waals surface area (Å²) >= 11 is 0. The summed E-state index contributed by atoms with van der Waals surface area (Å²) in [5.74, 6) is -0.247. The highest BCUT2D eigenvalue weighted by molar-refractivity contribution is 5.67. The summed E-state index contributed by atoms with van der Waals surface area (Å²) in [5.41, 5.74) is 6.74. The number of amides is 1. The minimum Gasteiger partial charge on any atom is -0.449 e. The SMILES string of the molecule is CCCCOC(=O)N1CCN(C2CCN(c3ccc(N)cc3F)CC2)CC1. The second kappa shape index (κ2) is 9.26. The Hall–Kier alpha value is -2.02. The predicted octanol–water partition coefficient (Wildman–Crippen LogP) is 2.93. The maximum Gasteiger partial charge on any atom is 0.409 e. The number of nitrogen functional groups attached to an aromatic ring is 1. The first-order chi connectivity index (χ1) is 13.1. The summed E-state index contributed by atoms with van der Waals surface area (Å²) in [6, 6.07) is 5.41. The van der Waals surface area contributed by atoms with Gasteiger partial charge in [0.1, 0.15) is 5.82 Å². The van der Waals surface area contributed by atoms with E-state index in [1.807, 2.05) is 4.90 Å². The number of unbranched alkanes of at least 4 members (excludes halogenated alkanes) is 1. The maximum absolute atomic E-state index is 14.1. The van der Waals surface area contributed by atoms with Gasteiger partial charge in [0.15, 0.2) is 0 Å². The number of hydrogen-bond acceptors (Lipinski definition) is 5. The van der Waals surface area contributed by atoms with Crippen molar-refractivity contribution in [2.75, 3.05) is 56.5 Å². The van der Waals surface area contributed by atoms with Crippen molar-refractivity contribution >= 4 is 17.5 Å². The molecular formula is C20H31FN4O2. The molecule has 1 aromatic rings. The molecule has 1 aromatic carbocycles. The van der Waals surface area contributed by atoms with E-state index in [9.17, 15) is 9.18 Å². The molecule has 0 radical (unpaired) electrons. The molecule has 7 heteroatoms. The van der Waals surface area contributed by atoms with Gasteiger partial charge in [-0.1, -0.05) is 13.3 Å². The average Bonchev–Trinajstić information content (AvgIpc) is 2.68. The Labute approximate surface area is 161 Å². The van der Waals surface area contributed by atoms with E-state index < -0.39 is 0 Å². The minimum absolute atomic E-state index is 0.184. The number of piperidine rings is 1. The van der Waals surface area contributed by atoms with Crippen molar-refractivity contribution in [3.63, 3.8) is 0 Å². The number of nitrogens with two attached hydrogens (primary N) is 1. The van der Waals surface area contributed by atoms with Gasteiger partial charge in [0.2, 0.25) is 0 Å². The fraction of sp³-hybridized carbons (Fsp3) is 0.650. The fourth-order valence-corrected chi connectivity index (χ4v) is 3.92. The van der Waals surface area contributed by atoms with E-state index >= 15 is 0 Å². The van der Waals surface area contributed by atoms with Gasteiger partial charge < -0.3 is 20.3 Å². The van der Waals surface area contributed by atoms with E-state index in [1.54, 1.807) is 12.1 Å². The summed E-state index contributed by atoms with van der Waals surface area (Å²) in [6.07, 6.45) is 3.77. The normalized spacial score (nSPS) is 19.3. The van der Waals surface area contributed by atoms with Crippen molar-refractivity contribution in [1.82, 2.24) is 9.80 Å². The van der Waals surface area contributed by atoms with Crippen LogP contribution in [0.25, 0.3) is 0 Å². The van der Waals surface area contributed by atoms with Crippen molar-refractivity contribution in [3.05, 3.63) is 24.0 Å². The van der Waals surface area contributed by atoms with Crippen LogP contribution in [-0.4, -0.2) is 67.8 Å². The van der Waals surface area contributed by atoms with Gasteiger partial charge >= 0.3 is 6.09 Å². The Kier molecular flexibility index (Phi) is 6.77. The van der Waals surface area contributed by atoms with Crippen LogP contribution in [0, 0.1) is 5.82 Å². The van der Waals surface area contributed by atoms with Gasteiger partial charge in [0, 0.05) is 51.0 Å². The molecular weight excluding hydrogens is 347 g/mol. The second-order valence-corrected chi connectivity index (χ2v) is 7.42. The van der Waals surface area contributed by atoms with Crippen LogP contribution in [0.5, 0.6) is 0 Å². The molecule has 1 amide bonds. The van der Waals surface area contributed by atoms with Crippen LogP contribution >= 0.6 is 0 Å². The zero-order valence-corrected chi connectivity index (χ0v) is 16.2. The maximum atomic E-state index is 14.1. The smallest absolute Gasteiger partial charge is 0.409 e. The van der Waals surface area contributed by atoms with Crippen LogP contribution < -0.4 is 10.6 Å². The molecule has 6 nitrogen and oxygen atoms in total. The van der Waals surface area contributed by atoms with E-state index in [0.29, 0.717) is 24.0 Å². The van der Waals surface area contributed by atoms with Crippen LogP contribution in [0.3, 0.4) is 0 Å². The quantitative estimate of drug-likeness (QED) is 0.631. The molecule has 0 aliphatic carbocycles. The number of carbonyl (C=O) groups is 1. The summed E-state index contributed by atoms with van der Waals surface area (Å²) in [5, 5.41) is 0. The number of benzene rings is 1. The lowest BCUT2D eigenvalue weighted by molar-refractivity contribution is 0.0582. The van der Waals surface area contributed by atoms with E-state index in [4.69, 9.17) is 10.5 Å². The van der Waals surface area contributed by atoms with Gasteiger partial charge in [-0.25, -0.2) is 9.18 Å². The number of ether oxygens (including phenoxy) is 1. The van der Waals surface area contributed by atoms with Crippen LogP contribution in [-0.2, 0) is 4.74 Å². The molecule has 0 bridgehead atoms. The standard InChI is InChI=1S/C20H31FN4O2/c1-2-3-14-27-20(26)25-12-10-23(11-13-25)17-6-8-24(9-7-17)19-5-4-16(22)15-18(19)21/h4-5,15,17H,2-3,6-14,22H2,1H3. The number of hydrogen-bond donors (Lipinski definition) is 1. The van der Waals surface area contributed by atoms with Crippen molar-refractivity contribution in [1.29, 1.82) is 0 Å². The number of piperazine rings is 1. The van der Waals surface area contributed by atoms with Gasteiger partial charge in [0.25, 0.3) is 0 Å². The molecule has 0 aromatic heterocycles. The minimum atomic E-state index is -0.247. The first-order valence-electron chi connectivity index (χ1n) is 10.0. The van der Waals surface area contributed by atoms with Gasteiger partial charge in [-0.3, -0.25) is 4.90 Å². The highest BCUT2D eigenvalue weighted by Gasteiger charge is 2.29. The molecule has 2 fully saturated rings. The number of rotatable bonds is 5. The molecule has 2 aliphatic heterocycles. The van der Waals surface area contributed by atoms with Crippen molar-refractivity contribution < 1.29 is 13.9 Å². The lowest BCUT2D eigenvalue weighted by Gasteiger charge is -2.43. The summed E-state index contributed by atoms with van der Waals surface area (Å²) < 4.78 is 19.4. The highest BCUT2D eigenvalue weighted by Crippen LogP contribution is 2.26. The Morgan fingerprint density at radius 3 is 2.52 bits per heavy atom.